The maximum absolute atomic E-state index is 12.7. The maximum Gasteiger partial charge on any atom is 0.262 e. The van der Waals surface area contributed by atoms with E-state index in [1.807, 2.05) is 24.3 Å². The van der Waals surface area contributed by atoms with Crippen molar-refractivity contribution in [2.24, 2.45) is 0 Å². The van der Waals surface area contributed by atoms with Gasteiger partial charge in [0, 0.05) is 38.3 Å². The maximum atomic E-state index is 12.7. The van der Waals surface area contributed by atoms with E-state index in [0.29, 0.717) is 18.1 Å². The minimum absolute atomic E-state index is 0.185. The molecule has 7 nitrogen and oxygen atoms in total. The van der Waals surface area contributed by atoms with E-state index in [2.05, 4.69) is 15.3 Å². The molecule has 2 aromatic rings. The summed E-state index contributed by atoms with van der Waals surface area (Å²) in [6, 6.07) is 7.85. The summed E-state index contributed by atoms with van der Waals surface area (Å²) in [5.41, 5.74) is 2.35. The Hall–Kier alpha value is -2.38. The van der Waals surface area contributed by atoms with Crippen molar-refractivity contribution in [1.82, 2.24) is 14.7 Å². The van der Waals surface area contributed by atoms with E-state index < -0.39 is 0 Å². The Labute approximate surface area is 152 Å². The van der Waals surface area contributed by atoms with Crippen LogP contribution in [0.3, 0.4) is 0 Å². The van der Waals surface area contributed by atoms with Crippen LogP contribution in [0, 0.1) is 0 Å². The number of nitrogens with zero attached hydrogens (tertiary/aromatic N) is 3. The molecule has 1 aromatic heterocycles. The number of rotatable bonds is 4. The molecule has 2 aliphatic rings. The number of aliphatic hydroxyl groups is 1. The number of aromatic nitrogens is 2. The van der Waals surface area contributed by atoms with Gasteiger partial charge in [-0.2, -0.15) is 5.10 Å². The summed E-state index contributed by atoms with van der Waals surface area (Å²) in [6.07, 6.45) is 3.89. The average Bonchev–Trinajstić information content (AvgIpc) is 3.09. The number of benzene rings is 1. The van der Waals surface area contributed by atoms with Crippen molar-refractivity contribution >= 4 is 11.6 Å². The lowest BCUT2D eigenvalue weighted by Gasteiger charge is -2.30. The van der Waals surface area contributed by atoms with E-state index in [-0.39, 0.29) is 12.0 Å². The molecule has 0 atom stereocenters. The largest absolute Gasteiger partial charge is 0.477 e. The molecule has 1 amide bonds. The highest BCUT2D eigenvalue weighted by molar-refractivity contribution is 6.06. The predicted octanol–water partition coefficient (Wildman–Crippen LogP) is 1.87. The molecular formula is C19H24N4O3. The van der Waals surface area contributed by atoms with E-state index in [1.54, 1.807) is 10.9 Å². The monoisotopic (exact) mass is 356 g/mol. The molecule has 0 bridgehead atoms. The highest BCUT2D eigenvalue weighted by Gasteiger charge is 2.23. The first-order chi connectivity index (χ1) is 12.7. The number of anilines is 1. The number of aryl methyl sites for hydroxylation is 1. The van der Waals surface area contributed by atoms with Crippen molar-refractivity contribution < 1.29 is 14.6 Å². The number of carbonyl (C=O) groups is 1. The first-order valence-corrected chi connectivity index (χ1v) is 9.19. The van der Waals surface area contributed by atoms with Crippen LogP contribution in [0.1, 0.15) is 35.2 Å². The lowest BCUT2D eigenvalue weighted by molar-refractivity contribution is 0.0793. The molecule has 0 saturated carbocycles. The number of piperidine rings is 1. The summed E-state index contributed by atoms with van der Waals surface area (Å²) < 4.78 is 7.36. The van der Waals surface area contributed by atoms with Gasteiger partial charge in [0.25, 0.3) is 5.91 Å². The lowest BCUT2D eigenvalue weighted by atomic mass is 10.1. The van der Waals surface area contributed by atoms with Crippen LogP contribution in [-0.4, -0.2) is 51.5 Å². The fourth-order valence-electron chi connectivity index (χ4n) is 3.51. The topological polar surface area (TPSA) is 79.6 Å². The molecule has 0 radical (unpaired) electrons. The van der Waals surface area contributed by atoms with Crippen molar-refractivity contribution in [3.05, 3.63) is 41.6 Å². The van der Waals surface area contributed by atoms with Crippen molar-refractivity contribution in [2.45, 2.75) is 38.5 Å². The normalized spacial score (nSPS) is 18.2. The smallest absolute Gasteiger partial charge is 0.262 e. The molecule has 0 spiro atoms. The summed E-state index contributed by atoms with van der Waals surface area (Å²) in [5, 5.41) is 16.9. The van der Waals surface area contributed by atoms with Gasteiger partial charge in [-0.15, -0.1) is 0 Å². The summed E-state index contributed by atoms with van der Waals surface area (Å²) >= 11 is 0. The number of para-hydroxylation sites is 1. The number of ether oxygens (including phenoxy) is 1. The van der Waals surface area contributed by atoms with Gasteiger partial charge in [-0.3, -0.25) is 9.69 Å². The Balaban J connectivity index is 1.48. The number of nitrogens with one attached hydrogen (secondary N) is 1. The van der Waals surface area contributed by atoms with Crippen LogP contribution in [0.5, 0.6) is 5.88 Å². The number of likely N-dealkylation sites (tertiary alicyclic amines) is 1. The fourth-order valence-corrected chi connectivity index (χ4v) is 3.51. The Morgan fingerprint density at radius 3 is 2.92 bits per heavy atom. The third-order valence-corrected chi connectivity index (χ3v) is 5.01. The van der Waals surface area contributed by atoms with E-state index in [9.17, 15) is 9.90 Å². The van der Waals surface area contributed by atoms with Gasteiger partial charge >= 0.3 is 0 Å². The van der Waals surface area contributed by atoms with E-state index in [4.69, 9.17) is 4.74 Å². The Morgan fingerprint density at radius 1 is 1.27 bits per heavy atom. The van der Waals surface area contributed by atoms with Gasteiger partial charge < -0.3 is 15.2 Å². The van der Waals surface area contributed by atoms with E-state index in [0.717, 1.165) is 56.7 Å². The summed E-state index contributed by atoms with van der Waals surface area (Å²) in [4.78, 5) is 15.1. The van der Waals surface area contributed by atoms with Gasteiger partial charge in [0.15, 0.2) is 0 Å². The molecular weight excluding hydrogens is 332 g/mol. The highest BCUT2D eigenvalue weighted by atomic mass is 16.5. The Bertz CT molecular complexity index is 781. The quantitative estimate of drug-likeness (QED) is 0.874. The standard InChI is InChI=1S/C19H24N4O3/c24-15-6-9-22(10-7-15)13-14-4-1-2-5-17(14)21-18(25)16-12-20-23-8-3-11-26-19(16)23/h1-2,4-5,12,15,24H,3,6-11,13H2,(H,21,25). The fraction of sp³-hybridized carbons (Fsp3) is 0.474. The number of hydrogen-bond acceptors (Lipinski definition) is 5. The molecule has 2 aliphatic heterocycles. The van der Waals surface area contributed by atoms with Crippen LogP contribution >= 0.6 is 0 Å². The zero-order valence-electron chi connectivity index (χ0n) is 14.7. The molecule has 0 aliphatic carbocycles. The van der Waals surface area contributed by atoms with Crippen molar-refractivity contribution in [1.29, 1.82) is 0 Å². The second-order valence-electron chi connectivity index (χ2n) is 6.91. The number of hydrogen-bond donors (Lipinski definition) is 2. The molecule has 7 heteroatoms. The molecule has 1 saturated heterocycles. The van der Waals surface area contributed by atoms with Gasteiger partial charge in [-0.05, 0) is 24.5 Å². The Kier molecular flexibility index (Phi) is 4.90. The van der Waals surface area contributed by atoms with Gasteiger partial charge in [0.2, 0.25) is 5.88 Å². The third kappa shape index (κ3) is 3.59. The van der Waals surface area contributed by atoms with Gasteiger partial charge in [-0.1, -0.05) is 18.2 Å². The van der Waals surface area contributed by atoms with Crippen molar-refractivity contribution in [3.8, 4) is 5.88 Å². The molecule has 26 heavy (non-hydrogen) atoms. The molecule has 3 heterocycles. The molecule has 1 aromatic carbocycles. The number of fused-ring (bicyclic) bond motifs is 1. The van der Waals surface area contributed by atoms with Crippen molar-refractivity contribution in [2.75, 3.05) is 25.0 Å². The minimum atomic E-state index is -0.199. The van der Waals surface area contributed by atoms with Crippen LogP contribution in [-0.2, 0) is 13.1 Å². The third-order valence-electron chi connectivity index (χ3n) is 5.01. The second kappa shape index (κ2) is 7.47. The van der Waals surface area contributed by atoms with E-state index >= 15 is 0 Å². The minimum Gasteiger partial charge on any atom is -0.477 e. The average molecular weight is 356 g/mol. The van der Waals surface area contributed by atoms with Crippen LogP contribution < -0.4 is 10.1 Å². The summed E-state index contributed by atoms with van der Waals surface area (Å²) in [6.45, 7) is 3.89. The lowest BCUT2D eigenvalue weighted by Crippen LogP contribution is -2.35. The number of aliphatic hydroxyl groups excluding tert-OH is 1. The van der Waals surface area contributed by atoms with Crippen LogP contribution in [0.25, 0.3) is 0 Å². The van der Waals surface area contributed by atoms with Gasteiger partial charge in [-0.25, -0.2) is 4.68 Å². The van der Waals surface area contributed by atoms with Gasteiger partial charge in [0.1, 0.15) is 5.56 Å². The van der Waals surface area contributed by atoms with Crippen LogP contribution in [0.2, 0.25) is 0 Å². The zero-order chi connectivity index (χ0) is 17.9. The molecule has 0 unspecified atom stereocenters. The predicted molar refractivity (Wildman–Crippen MR) is 97.3 cm³/mol. The highest BCUT2D eigenvalue weighted by Crippen LogP contribution is 2.25. The molecule has 1 fully saturated rings. The first kappa shape index (κ1) is 17.1. The van der Waals surface area contributed by atoms with Crippen LogP contribution in [0.4, 0.5) is 5.69 Å². The second-order valence-corrected chi connectivity index (χ2v) is 6.91. The van der Waals surface area contributed by atoms with Crippen molar-refractivity contribution in [3.63, 3.8) is 0 Å². The van der Waals surface area contributed by atoms with Crippen LogP contribution in [0.15, 0.2) is 30.5 Å². The molecule has 4 rings (SSSR count). The summed E-state index contributed by atoms with van der Waals surface area (Å²) in [7, 11) is 0. The van der Waals surface area contributed by atoms with Gasteiger partial charge in [0.05, 0.1) is 18.9 Å². The number of amides is 1. The SMILES string of the molecule is O=C(Nc1ccccc1CN1CCC(O)CC1)c1cnn2c1OCCC2. The summed E-state index contributed by atoms with van der Waals surface area (Å²) in [5.74, 6) is 0.353. The Morgan fingerprint density at radius 2 is 2.08 bits per heavy atom. The first-order valence-electron chi connectivity index (χ1n) is 9.19. The zero-order valence-corrected chi connectivity index (χ0v) is 14.7. The van der Waals surface area contributed by atoms with E-state index in [1.165, 1.54) is 0 Å². The molecule has 2 N–H and O–H groups in total. The molecule has 138 valence electrons. The number of carbonyl (C=O) groups excluding carboxylic acids is 1.